The van der Waals surface area contributed by atoms with Gasteiger partial charge in [0.15, 0.2) is 0 Å². The van der Waals surface area contributed by atoms with Crippen LogP contribution in [0.2, 0.25) is 0 Å². The number of ether oxygens (including phenoxy) is 2. The van der Waals surface area contributed by atoms with Crippen molar-refractivity contribution < 1.29 is 19.7 Å². The number of fused-ring (bicyclic) bond motifs is 1. The number of benzene rings is 1. The highest BCUT2D eigenvalue weighted by molar-refractivity contribution is 5.91. The van der Waals surface area contributed by atoms with Gasteiger partial charge in [0, 0.05) is 24.2 Å². The van der Waals surface area contributed by atoms with E-state index in [1.807, 2.05) is 24.3 Å². The molecule has 2 aromatic rings. The fraction of sp³-hybridized carbons (Fsp3) is 0.400. The maximum atomic E-state index is 9.81. The highest BCUT2D eigenvalue weighted by Crippen LogP contribution is 2.27. The molecule has 1 unspecified atom stereocenters. The molecule has 0 spiro atoms. The lowest BCUT2D eigenvalue weighted by Crippen LogP contribution is -2.25. The molecule has 0 radical (unpaired) electrons. The molecule has 0 fully saturated rings. The molecule has 2 rings (SSSR count). The number of methoxy groups -OCH3 is 1. The molecule has 0 saturated heterocycles. The van der Waals surface area contributed by atoms with Crippen LogP contribution in [0.15, 0.2) is 30.5 Å². The van der Waals surface area contributed by atoms with Crippen LogP contribution in [0.25, 0.3) is 10.9 Å². The number of halogens is 1. The number of nitrogens with one attached hydrogen (secondary N) is 1. The standard InChI is InChI=1S/C15H20N2O4.ClH/c1-20-13-7-11-3-2-4-16-15(11)14(8-13)17-9-12(19)10-21-6-5-18;/h2-4,7-8,12,17-19H,5-6,9-10H2,1H3;1H. The van der Waals surface area contributed by atoms with E-state index in [-0.39, 0.29) is 32.2 Å². The Hall–Kier alpha value is -1.60. The van der Waals surface area contributed by atoms with Crippen LogP contribution in [0.1, 0.15) is 0 Å². The molecular formula is C15H21ClN2O4. The Morgan fingerprint density at radius 3 is 2.91 bits per heavy atom. The smallest absolute Gasteiger partial charge is 0.121 e. The van der Waals surface area contributed by atoms with E-state index in [4.69, 9.17) is 14.6 Å². The lowest BCUT2D eigenvalue weighted by molar-refractivity contribution is 0.0269. The summed E-state index contributed by atoms with van der Waals surface area (Å²) in [6.45, 7) is 0.665. The quantitative estimate of drug-likeness (QED) is 0.636. The van der Waals surface area contributed by atoms with E-state index in [1.54, 1.807) is 13.3 Å². The van der Waals surface area contributed by atoms with Gasteiger partial charge in [-0.3, -0.25) is 4.98 Å². The molecule has 122 valence electrons. The van der Waals surface area contributed by atoms with Crippen LogP contribution in [0.5, 0.6) is 5.75 Å². The van der Waals surface area contributed by atoms with Crippen LogP contribution in [0.3, 0.4) is 0 Å². The van der Waals surface area contributed by atoms with Gasteiger partial charge in [0.1, 0.15) is 5.75 Å². The molecule has 0 aliphatic heterocycles. The number of pyridine rings is 1. The minimum absolute atomic E-state index is 0. The monoisotopic (exact) mass is 328 g/mol. The summed E-state index contributed by atoms with van der Waals surface area (Å²) < 4.78 is 10.4. The van der Waals surface area contributed by atoms with Crippen molar-refractivity contribution in [2.75, 3.05) is 38.8 Å². The van der Waals surface area contributed by atoms with E-state index in [9.17, 15) is 5.11 Å². The first kappa shape index (κ1) is 18.4. The first-order chi connectivity index (χ1) is 10.2. The third kappa shape index (κ3) is 4.99. The van der Waals surface area contributed by atoms with Crippen molar-refractivity contribution in [2.24, 2.45) is 0 Å². The van der Waals surface area contributed by atoms with Gasteiger partial charge in [-0.15, -0.1) is 12.4 Å². The van der Waals surface area contributed by atoms with Crippen LogP contribution in [0, 0.1) is 0 Å². The number of aliphatic hydroxyl groups is 2. The molecule has 0 aliphatic carbocycles. The Labute approximate surface area is 135 Å². The minimum atomic E-state index is -0.665. The number of nitrogens with zero attached hydrogens (tertiary/aromatic N) is 1. The third-order valence-corrected chi connectivity index (χ3v) is 2.99. The summed E-state index contributed by atoms with van der Waals surface area (Å²) in [5.41, 5.74) is 1.62. The molecule has 7 heteroatoms. The molecular weight excluding hydrogens is 308 g/mol. The van der Waals surface area contributed by atoms with Gasteiger partial charge < -0.3 is 25.0 Å². The molecule has 0 saturated carbocycles. The van der Waals surface area contributed by atoms with E-state index in [0.717, 1.165) is 22.3 Å². The van der Waals surface area contributed by atoms with Crippen LogP contribution in [-0.4, -0.2) is 54.8 Å². The second-order valence-corrected chi connectivity index (χ2v) is 4.58. The summed E-state index contributed by atoms with van der Waals surface area (Å²) in [7, 11) is 1.61. The zero-order valence-corrected chi connectivity index (χ0v) is 13.2. The van der Waals surface area contributed by atoms with Crippen LogP contribution < -0.4 is 10.1 Å². The molecule has 0 aliphatic rings. The molecule has 22 heavy (non-hydrogen) atoms. The summed E-state index contributed by atoms with van der Waals surface area (Å²) in [6.07, 6.45) is 1.06. The van der Waals surface area contributed by atoms with Crippen LogP contribution in [-0.2, 0) is 4.74 Å². The zero-order valence-electron chi connectivity index (χ0n) is 12.4. The van der Waals surface area contributed by atoms with Crippen LogP contribution >= 0.6 is 12.4 Å². The second kappa shape index (κ2) is 9.42. The van der Waals surface area contributed by atoms with Crippen molar-refractivity contribution in [3.8, 4) is 5.75 Å². The predicted molar refractivity (Wildman–Crippen MR) is 87.9 cm³/mol. The first-order valence-corrected chi connectivity index (χ1v) is 6.78. The average molecular weight is 329 g/mol. The van der Waals surface area contributed by atoms with Crippen molar-refractivity contribution in [1.29, 1.82) is 0 Å². The molecule has 6 nitrogen and oxygen atoms in total. The molecule has 0 amide bonds. The Bertz CT molecular complexity index is 582. The Balaban J connectivity index is 0.00000242. The van der Waals surface area contributed by atoms with Crippen molar-refractivity contribution in [3.63, 3.8) is 0 Å². The van der Waals surface area contributed by atoms with Gasteiger partial charge in [-0.1, -0.05) is 6.07 Å². The normalized spacial score (nSPS) is 11.8. The lowest BCUT2D eigenvalue weighted by Gasteiger charge is -2.15. The van der Waals surface area contributed by atoms with E-state index >= 15 is 0 Å². The second-order valence-electron chi connectivity index (χ2n) is 4.58. The van der Waals surface area contributed by atoms with Crippen molar-refractivity contribution in [1.82, 2.24) is 4.98 Å². The Morgan fingerprint density at radius 1 is 1.36 bits per heavy atom. The fourth-order valence-corrected chi connectivity index (χ4v) is 1.99. The summed E-state index contributed by atoms with van der Waals surface area (Å²) >= 11 is 0. The average Bonchev–Trinajstić information content (AvgIpc) is 2.52. The Morgan fingerprint density at radius 2 is 2.18 bits per heavy atom. The van der Waals surface area contributed by atoms with Gasteiger partial charge in [-0.25, -0.2) is 0 Å². The number of aromatic nitrogens is 1. The van der Waals surface area contributed by atoms with Gasteiger partial charge in [0.05, 0.1) is 44.2 Å². The highest BCUT2D eigenvalue weighted by atomic mass is 35.5. The summed E-state index contributed by atoms with van der Waals surface area (Å²) in [5, 5.41) is 22.6. The topological polar surface area (TPSA) is 83.8 Å². The zero-order chi connectivity index (χ0) is 15.1. The fourth-order valence-electron chi connectivity index (χ4n) is 1.99. The van der Waals surface area contributed by atoms with E-state index in [1.165, 1.54) is 0 Å². The van der Waals surface area contributed by atoms with E-state index in [0.29, 0.717) is 6.54 Å². The first-order valence-electron chi connectivity index (χ1n) is 6.78. The number of rotatable bonds is 8. The molecule has 1 atom stereocenters. The van der Waals surface area contributed by atoms with E-state index < -0.39 is 6.10 Å². The van der Waals surface area contributed by atoms with Gasteiger partial charge in [0.2, 0.25) is 0 Å². The van der Waals surface area contributed by atoms with E-state index in [2.05, 4.69) is 10.3 Å². The van der Waals surface area contributed by atoms with Gasteiger partial charge in [-0.2, -0.15) is 0 Å². The van der Waals surface area contributed by atoms with Gasteiger partial charge >= 0.3 is 0 Å². The van der Waals surface area contributed by atoms with Gasteiger partial charge in [-0.05, 0) is 12.1 Å². The predicted octanol–water partition coefficient (Wildman–Crippen LogP) is 1.45. The molecule has 1 aromatic carbocycles. The summed E-state index contributed by atoms with van der Waals surface area (Å²) in [4.78, 5) is 4.35. The maximum Gasteiger partial charge on any atom is 0.121 e. The molecule has 1 heterocycles. The number of hydrogen-bond donors (Lipinski definition) is 3. The van der Waals surface area contributed by atoms with Crippen molar-refractivity contribution in [3.05, 3.63) is 30.5 Å². The molecule has 1 aromatic heterocycles. The maximum absolute atomic E-state index is 9.81. The largest absolute Gasteiger partial charge is 0.497 e. The number of aliphatic hydroxyl groups excluding tert-OH is 2. The third-order valence-electron chi connectivity index (χ3n) is 2.99. The van der Waals surface area contributed by atoms with Gasteiger partial charge in [0.25, 0.3) is 0 Å². The molecule has 3 N–H and O–H groups in total. The summed E-state index contributed by atoms with van der Waals surface area (Å²) in [5.74, 6) is 0.726. The minimum Gasteiger partial charge on any atom is -0.497 e. The molecule has 0 bridgehead atoms. The lowest BCUT2D eigenvalue weighted by atomic mass is 10.1. The Kier molecular flexibility index (Phi) is 7.90. The highest BCUT2D eigenvalue weighted by Gasteiger charge is 2.08. The summed E-state index contributed by atoms with van der Waals surface area (Å²) in [6, 6.07) is 7.57. The van der Waals surface area contributed by atoms with Crippen LogP contribution in [0.4, 0.5) is 5.69 Å². The van der Waals surface area contributed by atoms with Crippen molar-refractivity contribution >= 4 is 29.0 Å². The number of anilines is 1. The number of hydrogen-bond acceptors (Lipinski definition) is 6. The SMILES string of the molecule is COc1cc(NCC(O)COCCO)c2ncccc2c1.Cl. The van der Waals surface area contributed by atoms with Crippen molar-refractivity contribution in [2.45, 2.75) is 6.10 Å².